The lowest BCUT2D eigenvalue weighted by Gasteiger charge is -2.08. The van der Waals surface area contributed by atoms with E-state index in [9.17, 15) is 4.79 Å². The summed E-state index contributed by atoms with van der Waals surface area (Å²) in [7, 11) is 1.61. The van der Waals surface area contributed by atoms with Crippen molar-refractivity contribution in [1.29, 1.82) is 0 Å². The molecule has 0 bridgehead atoms. The van der Waals surface area contributed by atoms with Crippen LogP contribution in [0.4, 0.5) is 0 Å². The van der Waals surface area contributed by atoms with Crippen molar-refractivity contribution < 1.29 is 9.53 Å². The van der Waals surface area contributed by atoms with Crippen molar-refractivity contribution in [2.75, 3.05) is 13.7 Å². The number of hydrogen-bond donors (Lipinski definition) is 2. The van der Waals surface area contributed by atoms with E-state index in [1.165, 1.54) is 0 Å². The van der Waals surface area contributed by atoms with Crippen LogP contribution >= 0.6 is 11.6 Å². The van der Waals surface area contributed by atoms with Crippen molar-refractivity contribution in [2.45, 2.75) is 6.92 Å². The number of hydrogen-bond acceptors (Lipinski definition) is 3. The number of hydrazine groups is 1. The second-order valence-electron chi connectivity index (χ2n) is 3.02. The number of aryl methyl sites for hydroxylation is 1. The van der Waals surface area contributed by atoms with Gasteiger partial charge in [-0.1, -0.05) is 17.7 Å². The van der Waals surface area contributed by atoms with Gasteiger partial charge >= 0.3 is 0 Å². The van der Waals surface area contributed by atoms with Crippen LogP contribution in [-0.4, -0.2) is 19.6 Å². The van der Waals surface area contributed by atoms with Gasteiger partial charge in [-0.15, -0.1) is 0 Å². The highest BCUT2D eigenvalue weighted by Gasteiger charge is 2.04. The van der Waals surface area contributed by atoms with Crippen LogP contribution < -0.4 is 15.6 Å². The van der Waals surface area contributed by atoms with Crippen LogP contribution in [0.2, 0.25) is 5.02 Å². The summed E-state index contributed by atoms with van der Waals surface area (Å²) in [6, 6.07) is 5.40. The first-order valence-corrected chi connectivity index (χ1v) is 4.86. The van der Waals surface area contributed by atoms with Crippen LogP contribution in [0.15, 0.2) is 18.2 Å². The fourth-order valence-electron chi connectivity index (χ4n) is 1.04. The van der Waals surface area contributed by atoms with Gasteiger partial charge in [-0.2, -0.15) is 0 Å². The lowest BCUT2D eigenvalue weighted by atomic mass is 10.2. The minimum absolute atomic E-state index is 0.0655. The van der Waals surface area contributed by atoms with Gasteiger partial charge in [0.2, 0.25) is 0 Å². The normalized spacial score (nSPS) is 9.80. The molecule has 1 aromatic carbocycles. The average molecular weight is 229 g/mol. The Balaban J connectivity index is 2.57. The molecular weight excluding hydrogens is 216 g/mol. The molecule has 1 rings (SSSR count). The lowest BCUT2D eigenvalue weighted by molar-refractivity contribution is -0.123. The smallest absolute Gasteiger partial charge is 0.271 e. The molecule has 0 radical (unpaired) electrons. The molecule has 0 atom stereocenters. The number of carbonyl (C=O) groups excluding carboxylic acids is 1. The molecule has 4 nitrogen and oxygen atoms in total. The van der Waals surface area contributed by atoms with E-state index in [1.54, 1.807) is 19.2 Å². The first-order chi connectivity index (χ1) is 7.13. The number of benzene rings is 1. The van der Waals surface area contributed by atoms with Crippen molar-refractivity contribution in [3.63, 3.8) is 0 Å². The molecule has 5 heteroatoms. The van der Waals surface area contributed by atoms with E-state index in [2.05, 4.69) is 10.9 Å². The molecule has 82 valence electrons. The quantitative estimate of drug-likeness (QED) is 0.764. The summed E-state index contributed by atoms with van der Waals surface area (Å²) in [4.78, 5) is 11.1. The van der Waals surface area contributed by atoms with Crippen LogP contribution in [0.1, 0.15) is 5.56 Å². The summed E-state index contributed by atoms with van der Waals surface area (Å²) in [6.07, 6.45) is 0. The third-order valence-electron chi connectivity index (χ3n) is 1.71. The van der Waals surface area contributed by atoms with E-state index < -0.39 is 0 Å². The monoisotopic (exact) mass is 228 g/mol. The van der Waals surface area contributed by atoms with E-state index in [-0.39, 0.29) is 12.5 Å². The summed E-state index contributed by atoms with van der Waals surface area (Å²) in [5.74, 6) is 0.262. The minimum atomic E-state index is -0.255. The van der Waals surface area contributed by atoms with E-state index in [1.807, 2.05) is 13.0 Å². The largest absolute Gasteiger partial charge is 0.482 e. The third kappa shape index (κ3) is 3.77. The molecule has 0 spiro atoms. The minimum Gasteiger partial charge on any atom is -0.482 e. The van der Waals surface area contributed by atoms with Gasteiger partial charge in [0.1, 0.15) is 5.75 Å². The maximum absolute atomic E-state index is 11.1. The highest BCUT2D eigenvalue weighted by molar-refractivity contribution is 6.32. The molecule has 15 heavy (non-hydrogen) atoms. The first-order valence-electron chi connectivity index (χ1n) is 4.48. The summed E-state index contributed by atoms with van der Waals surface area (Å²) >= 11 is 5.88. The average Bonchev–Trinajstić information content (AvgIpc) is 2.20. The molecule has 0 aromatic heterocycles. The highest BCUT2D eigenvalue weighted by Crippen LogP contribution is 2.24. The topological polar surface area (TPSA) is 50.4 Å². The molecule has 2 N–H and O–H groups in total. The highest BCUT2D eigenvalue weighted by atomic mass is 35.5. The summed E-state index contributed by atoms with van der Waals surface area (Å²) in [6.45, 7) is 1.86. The number of ether oxygens (including phenoxy) is 1. The fourth-order valence-corrected chi connectivity index (χ4v) is 1.21. The van der Waals surface area contributed by atoms with Gasteiger partial charge in [-0.05, 0) is 24.6 Å². The molecule has 1 aromatic rings. The number of halogens is 1. The summed E-state index contributed by atoms with van der Waals surface area (Å²) in [5, 5.41) is 0.498. The molecule has 0 heterocycles. The fraction of sp³-hybridized carbons (Fsp3) is 0.300. The molecule has 0 saturated carbocycles. The van der Waals surface area contributed by atoms with Gasteiger partial charge < -0.3 is 4.74 Å². The molecule has 0 fully saturated rings. The van der Waals surface area contributed by atoms with Gasteiger partial charge in [0.15, 0.2) is 6.61 Å². The molecule has 1 amide bonds. The summed E-state index contributed by atoms with van der Waals surface area (Å²) in [5.41, 5.74) is 5.94. The van der Waals surface area contributed by atoms with Gasteiger partial charge in [-0.3, -0.25) is 10.2 Å². The Labute approximate surface area is 93.5 Å². The van der Waals surface area contributed by atoms with Crippen LogP contribution in [0.25, 0.3) is 0 Å². The number of nitrogens with one attached hydrogen (secondary N) is 2. The Morgan fingerprint density at radius 1 is 1.53 bits per heavy atom. The van der Waals surface area contributed by atoms with Crippen molar-refractivity contribution in [2.24, 2.45) is 0 Å². The Morgan fingerprint density at radius 2 is 2.27 bits per heavy atom. The molecule has 0 unspecified atom stereocenters. The zero-order valence-electron chi connectivity index (χ0n) is 8.63. The predicted molar refractivity (Wildman–Crippen MR) is 58.9 cm³/mol. The predicted octanol–water partition coefficient (Wildman–Crippen LogP) is 1.28. The van der Waals surface area contributed by atoms with E-state index in [0.29, 0.717) is 10.8 Å². The van der Waals surface area contributed by atoms with E-state index >= 15 is 0 Å². The molecule has 0 aliphatic carbocycles. The first kappa shape index (κ1) is 11.8. The number of carbonyl (C=O) groups is 1. The van der Waals surface area contributed by atoms with Crippen molar-refractivity contribution in [1.82, 2.24) is 10.9 Å². The van der Waals surface area contributed by atoms with Gasteiger partial charge in [-0.25, -0.2) is 5.43 Å². The number of amides is 1. The maximum atomic E-state index is 11.1. The summed E-state index contributed by atoms with van der Waals surface area (Å²) < 4.78 is 5.25. The standard InChI is InChI=1S/C10H13ClN2O2/c1-7-3-4-8(11)9(5-7)15-6-10(14)13-12-2/h3-5,12H,6H2,1-2H3,(H,13,14). The van der Waals surface area contributed by atoms with Crippen molar-refractivity contribution >= 4 is 17.5 Å². The van der Waals surface area contributed by atoms with Gasteiger partial charge in [0, 0.05) is 7.05 Å². The molecular formula is C10H13ClN2O2. The lowest BCUT2D eigenvalue weighted by Crippen LogP contribution is -2.37. The van der Waals surface area contributed by atoms with Crippen LogP contribution in [0.3, 0.4) is 0 Å². The Kier molecular flexibility index (Phi) is 4.39. The van der Waals surface area contributed by atoms with Gasteiger partial charge in [0.25, 0.3) is 5.91 Å². The second kappa shape index (κ2) is 5.58. The SMILES string of the molecule is CNNC(=O)COc1cc(C)ccc1Cl. The van der Waals surface area contributed by atoms with Crippen LogP contribution in [0.5, 0.6) is 5.75 Å². The van der Waals surface area contributed by atoms with E-state index in [4.69, 9.17) is 16.3 Å². The molecule has 0 aliphatic heterocycles. The van der Waals surface area contributed by atoms with Crippen molar-refractivity contribution in [3.05, 3.63) is 28.8 Å². The van der Waals surface area contributed by atoms with Crippen LogP contribution in [0, 0.1) is 6.92 Å². The van der Waals surface area contributed by atoms with Gasteiger partial charge in [0.05, 0.1) is 5.02 Å². The maximum Gasteiger partial charge on any atom is 0.271 e. The second-order valence-corrected chi connectivity index (χ2v) is 3.43. The zero-order chi connectivity index (χ0) is 11.3. The third-order valence-corrected chi connectivity index (χ3v) is 2.02. The van der Waals surface area contributed by atoms with Crippen molar-refractivity contribution in [3.8, 4) is 5.75 Å². The molecule has 0 saturated heterocycles. The zero-order valence-corrected chi connectivity index (χ0v) is 9.39. The van der Waals surface area contributed by atoms with E-state index in [0.717, 1.165) is 5.56 Å². The van der Waals surface area contributed by atoms with Crippen LogP contribution in [-0.2, 0) is 4.79 Å². The molecule has 0 aliphatic rings. The Hall–Kier alpha value is -1.26. The Morgan fingerprint density at radius 3 is 2.93 bits per heavy atom. The Bertz CT molecular complexity index is 355. The number of rotatable bonds is 4.